The van der Waals surface area contributed by atoms with Crippen molar-refractivity contribution in [3.8, 4) is 0 Å². The number of carbonyl (C=O) groups excluding carboxylic acids is 2. The molecule has 0 rings (SSSR count). The first kappa shape index (κ1) is 54.3. The lowest BCUT2D eigenvalue weighted by molar-refractivity contribution is -0.143. The van der Waals surface area contributed by atoms with Crippen LogP contribution in [-0.2, 0) is 14.3 Å². The molecule has 2 unspecified atom stereocenters. The standard InChI is InChI=1S/C50H95NO5/c1-3-5-7-9-11-13-15-16-17-18-19-20-21-23-28-32-36-40-44-50(55)56-45-41-37-33-29-25-24-27-31-35-39-43-49(54)51-47(46-52)48(53)42-38-34-30-26-22-14-12-10-8-6-4-2/h13,15,17-18,47-48,52-53H,3-12,14,16,19-46H2,1-2H3,(H,51,54)/b15-13-,18-17-. The molecule has 0 radical (unpaired) electrons. The number of rotatable bonds is 45. The molecule has 3 N–H and O–H groups in total. The Morgan fingerprint density at radius 1 is 0.500 bits per heavy atom. The minimum Gasteiger partial charge on any atom is -0.466 e. The Hall–Kier alpha value is -1.66. The van der Waals surface area contributed by atoms with Gasteiger partial charge in [-0.15, -0.1) is 0 Å². The fraction of sp³-hybridized carbons (Fsp3) is 0.880. The predicted molar refractivity (Wildman–Crippen MR) is 241 cm³/mol. The number of esters is 1. The first-order valence-corrected chi connectivity index (χ1v) is 24.6. The van der Waals surface area contributed by atoms with E-state index in [0.717, 1.165) is 64.2 Å². The van der Waals surface area contributed by atoms with Crippen molar-refractivity contribution in [2.75, 3.05) is 13.2 Å². The van der Waals surface area contributed by atoms with Crippen LogP contribution in [-0.4, -0.2) is 47.4 Å². The topological polar surface area (TPSA) is 95.9 Å². The third-order valence-electron chi connectivity index (χ3n) is 11.3. The molecule has 0 aromatic rings. The van der Waals surface area contributed by atoms with Gasteiger partial charge in [-0.1, -0.05) is 212 Å². The molecular weight excluding hydrogens is 695 g/mol. The molecule has 1 amide bonds. The van der Waals surface area contributed by atoms with Crippen molar-refractivity contribution in [3.63, 3.8) is 0 Å². The van der Waals surface area contributed by atoms with Crippen LogP contribution in [0.1, 0.15) is 258 Å². The van der Waals surface area contributed by atoms with E-state index in [-0.39, 0.29) is 18.5 Å². The molecule has 0 aromatic heterocycles. The van der Waals surface area contributed by atoms with E-state index >= 15 is 0 Å². The zero-order valence-corrected chi connectivity index (χ0v) is 37.4. The highest BCUT2D eigenvalue weighted by Crippen LogP contribution is 2.15. The molecule has 330 valence electrons. The van der Waals surface area contributed by atoms with Crippen LogP contribution in [0.5, 0.6) is 0 Å². The van der Waals surface area contributed by atoms with Crippen LogP contribution in [0.2, 0.25) is 0 Å². The summed E-state index contributed by atoms with van der Waals surface area (Å²) in [6, 6.07) is -0.557. The number of hydrogen-bond donors (Lipinski definition) is 3. The Morgan fingerprint density at radius 3 is 1.38 bits per heavy atom. The smallest absolute Gasteiger partial charge is 0.305 e. The molecule has 0 aromatic carbocycles. The molecule has 0 aliphatic rings. The van der Waals surface area contributed by atoms with E-state index in [2.05, 4.69) is 43.5 Å². The zero-order valence-electron chi connectivity index (χ0n) is 37.4. The lowest BCUT2D eigenvalue weighted by Crippen LogP contribution is -2.45. The van der Waals surface area contributed by atoms with Gasteiger partial charge in [-0.05, 0) is 57.8 Å². The average molecular weight is 790 g/mol. The summed E-state index contributed by atoms with van der Waals surface area (Å²) in [7, 11) is 0. The van der Waals surface area contributed by atoms with E-state index in [1.807, 2.05) is 0 Å². The molecule has 0 aliphatic carbocycles. The molecule has 0 heterocycles. The zero-order chi connectivity index (χ0) is 40.8. The number of ether oxygens (including phenoxy) is 1. The lowest BCUT2D eigenvalue weighted by Gasteiger charge is -2.22. The van der Waals surface area contributed by atoms with E-state index in [1.165, 1.54) is 161 Å². The van der Waals surface area contributed by atoms with Gasteiger partial charge in [0.25, 0.3) is 0 Å². The van der Waals surface area contributed by atoms with Gasteiger partial charge in [-0.25, -0.2) is 0 Å². The summed E-state index contributed by atoms with van der Waals surface area (Å²) in [5, 5.41) is 23.1. The van der Waals surface area contributed by atoms with Crippen LogP contribution in [0.25, 0.3) is 0 Å². The van der Waals surface area contributed by atoms with Crippen LogP contribution >= 0.6 is 0 Å². The monoisotopic (exact) mass is 790 g/mol. The van der Waals surface area contributed by atoms with E-state index in [1.54, 1.807) is 0 Å². The number of carbonyl (C=O) groups is 2. The summed E-state index contributed by atoms with van der Waals surface area (Å²) < 4.78 is 5.45. The molecule has 0 saturated heterocycles. The van der Waals surface area contributed by atoms with Crippen molar-refractivity contribution in [2.24, 2.45) is 0 Å². The normalized spacial score (nSPS) is 12.9. The van der Waals surface area contributed by atoms with Gasteiger partial charge in [-0.3, -0.25) is 9.59 Å². The molecule has 0 bridgehead atoms. The third kappa shape index (κ3) is 42.0. The van der Waals surface area contributed by atoms with Crippen LogP contribution < -0.4 is 5.32 Å². The van der Waals surface area contributed by atoms with Gasteiger partial charge in [0.05, 0.1) is 25.4 Å². The van der Waals surface area contributed by atoms with Gasteiger partial charge in [-0.2, -0.15) is 0 Å². The minimum atomic E-state index is -0.677. The SMILES string of the molecule is CCCCCC/C=C\C/C=C\CCCCCCCCCC(=O)OCCCCCCCCCCCCC(=O)NC(CO)C(O)CCCCCCCCCCCCC. The van der Waals surface area contributed by atoms with Gasteiger partial charge < -0.3 is 20.3 Å². The molecule has 56 heavy (non-hydrogen) atoms. The number of hydrogen-bond acceptors (Lipinski definition) is 5. The summed E-state index contributed by atoms with van der Waals surface area (Å²) in [6.45, 7) is 4.87. The van der Waals surface area contributed by atoms with Crippen molar-refractivity contribution >= 4 is 11.9 Å². The van der Waals surface area contributed by atoms with E-state index < -0.39 is 12.1 Å². The predicted octanol–water partition coefficient (Wildman–Crippen LogP) is 14.3. The van der Waals surface area contributed by atoms with Crippen molar-refractivity contribution < 1.29 is 24.5 Å². The molecule has 6 nitrogen and oxygen atoms in total. The van der Waals surface area contributed by atoms with Crippen LogP contribution in [0.4, 0.5) is 0 Å². The summed E-state index contributed by atoms with van der Waals surface area (Å²) in [4.78, 5) is 24.4. The van der Waals surface area contributed by atoms with Crippen molar-refractivity contribution in [2.45, 2.75) is 270 Å². The fourth-order valence-corrected chi connectivity index (χ4v) is 7.43. The minimum absolute atomic E-state index is 0.0266. The summed E-state index contributed by atoms with van der Waals surface area (Å²) in [6.07, 6.45) is 52.8. The van der Waals surface area contributed by atoms with E-state index in [9.17, 15) is 19.8 Å². The molecule has 2 atom stereocenters. The second-order valence-corrected chi connectivity index (χ2v) is 16.8. The van der Waals surface area contributed by atoms with E-state index in [4.69, 9.17) is 4.74 Å². The van der Waals surface area contributed by atoms with E-state index in [0.29, 0.717) is 25.9 Å². The second-order valence-electron chi connectivity index (χ2n) is 16.8. The largest absolute Gasteiger partial charge is 0.466 e. The molecule has 0 aliphatic heterocycles. The third-order valence-corrected chi connectivity index (χ3v) is 11.3. The second kappa shape index (κ2) is 46.0. The maximum atomic E-state index is 12.4. The Kier molecular flexibility index (Phi) is 44.7. The summed E-state index contributed by atoms with van der Waals surface area (Å²) in [5.41, 5.74) is 0. The molecule has 6 heteroatoms. The van der Waals surface area contributed by atoms with Crippen LogP contribution in [0, 0.1) is 0 Å². The summed E-state index contributed by atoms with van der Waals surface area (Å²) in [5.74, 6) is -0.0866. The van der Waals surface area contributed by atoms with Gasteiger partial charge in [0.15, 0.2) is 0 Å². The number of unbranched alkanes of at least 4 members (excludes halogenated alkanes) is 30. The van der Waals surface area contributed by atoms with Crippen molar-refractivity contribution in [1.29, 1.82) is 0 Å². The van der Waals surface area contributed by atoms with Crippen molar-refractivity contribution in [3.05, 3.63) is 24.3 Å². The Labute approximate surface area is 348 Å². The maximum absolute atomic E-state index is 12.4. The van der Waals surface area contributed by atoms with Gasteiger partial charge in [0, 0.05) is 12.8 Å². The molecule has 0 fully saturated rings. The number of amides is 1. The van der Waals surface area contributed by atoms with Crippen LogP contribution in [0.3, 0.4) is 0 Å². The maximum Gasteiger partial charge on any atom is 0.305 e. The number of aliphatic hydroxyl groups is 2. The van der Waals surface area contributed by atoms with Gasteiger partial charge in [0.2, 0.25) is 5.91 Å². The number of nitrogens with one attached hydrogen (secondary N) is 1. The molecule has 0 spiro atoms. The first-order chi connectivity index (χ1) is 27.5. The first-order valence-electron chi connectivity index (χ1n) is 24.6. The summed E-state index contributed by atoms with van der Waals surface area (Å²) >= 11 is 0. The molecule has 0 saturated carbocycles. The average Bonchev–Trinajstić information content (AvgIpc) is 3.20. The Bertz CT molecular complexity index is 874. The van der Waals surface area contributed by atoms with Gasteiger partial charge >= 0.3 is 5.97 Å². The molecular formula is C50H95NO5. The number of aliphatic hydroxyl groups excluding tert-OH is 2. The Morgan fingerprint density at radius 2 is 0.893 bits per heavy atom. The van der Waals surface area contributed by atoms with Crippen molar-refractivity contribution in [1.82, 2.24) is 5.32 Å². The highest BCUT2D eigenvalue weighted by atomic mass is 16.5. The highest BCUT2D eigenvalue weighted by molar-refractivity contribution is 5.76. The fourth-order valence-electron chi connectivity index (χ4n) is 7.43. The van der Waals surface area contributed by atoms with Crippen LogP contribution in [0.15, 0.2) is 24.3 Å². The lowest BCUT2D eigenvalue weighted by atomic mass is 10.0. The van der Waals surface area contributed by atoms with Gasteiger partial charge in [0.1, 0.15) is 0 Å². The highest BCUT2D eigenvalue weighted by Gasteiger charge is 2.20. The quantitative estimate of drug-likeness (QED) is 0.0324. The Balaban J connectivity index is 3.47. The number of allylic oxidation sites excluding steroid dienone is 4.